The molecule has 1 fully saturated rings. The Balaban J connectivity index is 1.67. The molecule has 1 saturated carbocycles. The van der Waals surface area contributed by atoms with Gasteiger partial charge in [0.2, 0.25) is 0 Å². The first-order valence-corrected chi connectivity index (χ1v) is 6.95. The number of nitrogens with one attached hydrogen (secondary N) is 2. The first-order chi connectivity index (χ1) is 9.28. The van der Waals surface area contributed by atoms with E-state index in [-0.39, 0.29) is 6.03 Å². The molecule has 1 aliphatic carbocycles. The van der Waals surface area contributed by atoms with Crippen molar-refractivity contribution in [2.75, 3.05) is 13.2 Å². The van der Waals surface area contributed by atoms with Gasteiger partial charge in [-0.3, -0.25) is 0 Å². The fourth-order valence-electron chi connectivity index (χ4n) is 1.78. The maximum absolute atomic E-state index is 11.5. The Bertz CT molecular complexity index is 399. The summed E-state index contributed by atoms with van der Waals surface area (Å²) in [6, 6.07) is 8.04. The van der Waals surface area contributed by atoms with E-state index in [1.54, 1.807) is 0 Å². The van der Waals surface area contributed by atoms with Gasteiger partial charge in [-0.1, -0.05) is 24.3 Å². The molecule has 104 valence electrons. The second-order valence-corrected chi connectivity index (χ2v) is 4.96. The van der Waals surface area contributed by atoms with Gasteiger partial charge in [0.25, 0.3) is 0 Å². The summed E-state index contributed by atoms with van der Waals surface area (Å²) in [5, 5.41) is 5.75. The highest BCUT2D eigenvalue weighted by atomic mass is 16.5. The van der Waals surface area contributed by atoms with E-state index in [0.717, 1.165) is 24.3 Å². The van der Waals surface area contributed by atoms with Crippen molar-refractivity contribution >= 4 is 6.03 Å². The molecule has 2 amide bonds. The molecule has 0 heterocycles. The van der Waals surface area contributed by atoms with Gasteiger partial charge in [0.15, 0.2) is 0 Å². The van der Waals surface area contributed by atoms with Crippen LogP contribution in [0.2, 0.25) is 0 Å². The third-order valence-electron chi connectivity index (χ3n) is 3.20. The fourth-order valence-corrected chi connectivity index (χ4v) is 1.78. The zero-order chi connectivity index (χ0) is 13.5. The predicted molar refractivity (Wildman–Crippen MR) is 74.7 cm³/mol. The SMILES string of the molecule is CCOCc1ccc(CNC(=O)NCC2CC2)cc1. The van der Waals surface area contributed by atoms with Gasteiger partial charge in [0, 0.05) is 19.7 Å². The minimum Gasteiger partial charge on any atom is -0.377 e. The summed E-state index contributed by atoms with van der Waals surface area (Å²) in [7, 11) is 0. The largest absolute Gasteiger partial charge is 0.377 e. The fraction of sp³-hybridized carbons (Fsp3) is 0.533. The molecule has 0 radical (unpaired) electrons. The first-order valence-electron chi connectivity index (χ1n) is 6.95. The van der Waals surface area contributed by atoms with Gasteiger partial charge >= 0.3 is 6.03 Å². The Labute approximate surface area is 114 Å². The van der Waals surface area contributed by atoms with Crippen LogP contribution in [0.1, 0.15) is 30.9 Å². The van der Waals surface area contributed by atoms with Crippen LogP contribution in [0.4, 0.5) is 4.79 Å². The lowest BCUT2D eigenvalue weighted by atomic mass is 10.1. The standard InChI is InChI=1S/C15H22N2O2/c1-2-19-11-14-7-5-13(6-8-14)10-17-15(18)16-9-12-3-4-12/h5-8,12H,2-4,9-11H2,1H3,(H2,16,17,18). The molecule has 0 aliphatic heterocycles. The molecule has 0 saturated heterocycles. The molecular formula is C15H22N2O2. The molecule has 19 heavy (non-hydrogen) atoms. The molecule has 0 bridgehead atoms. The van der Waals surface area contributed by atoms with E-state index < -0.39 is 0 Å². The minimum atomic E-state index is -0.0784. The average molecular weight is 262 g/mol. The van der Waals surface area contributed by atoms with E-state index >= 15 is 0 Å². The number of carbonyl (C=O) groups excluding carboxylic acids is 1. The highest BCUT2D eigenvalue weighted by molar-refractivity contribution is 5.73. The Morgan fingerprint density at radius 1 is 1.21 bits per heavy atom. The highest BCUT2D eigenvalue weighted by Gasteiger charge is 2.21. The van der Waals surface area contributed by atoms with Crippen LogP contribution in [-0.2, 0) is 17.9 Å². The quantitative estimate of drug-likeness (QED) is 0.793. The van der Waals surface area contributed by atoms with Crippen LogP contribution in [0.25, 0.3) is 0 Å². The molecule has 1 aromatic carbocycles. The van der Waals surface area contributed by atoms with Crippen LogP contribution in [-0.4, -0.2) is 19.2 Å². The van der Waals surface area contributed by atoms with Crippen LogP contribution in [0.5, 0.6) is 0 Å². The molecule has 1 aliphatic rings. The van der Waals surface area contributed by atoms with Crippen molar-refractivity contribution < 1.29 is 9.53 Å². The normalized spacial score (nSPS) is 14.2. The molecule has 0 atom stereocenters. The molecule has 0 aromatic heterocycles. The van der Waals surface area contributed by atoms with Gasteiger partial charge in [-0.15, -0.1) is 0 Å². The number of rotatable bonds is 7. The van der Waals surface area contributed by atoms with Crippen molar-refractivity contribution in [2.45, 2.75) is 32.9 Å². The number of urea groups is 1. The smallest absolute Gasteiger partial charge is 0.315 e. The van der Waals surface area contributed by atoms with Gasteiger partial charge in [0.05, 0.1) is 6.61 Å². The average Bonchev–Trinajstić information content (AvgIpc) is 3.26. The number of hydrogen-bond acceptors (Lipinski definition) is 2. The summed E-state index contributed by atoms with van der Waals surface area (Å²) in [5.41, 5.74) is 2.26. The maximum Gasteiger partial charge on any atom is 0.315 e. The lowest BCUT2D eigenvalue weighted by Gasteiger charge is -2.08. The summed E-state index contributed by atoms with van der Waals surface area (Å²) >= 11 is 0. The van der Waals surface area contributed by atoms with Crippen LogP contribution < -0.4 is 10.6 Å². The number of carbonyl (C=O) groups is 1. The third-order valence-corrected chi connectivity index (χ3v) is 3.20. The Hall–Kier alpha value is -1.55. The van der Waals surface area contributed by atoms with E-state index in [9.17, 15) is 4.79 Å². The number of amides is 2. The zero-order valence-electron chi connectivity index (χ0n) is 11.4. The molecule has 4 heteroatoms. The van der Waals surface area contributed by atoms with E-state index in [2.05, 4.69) is 10.6 Å². The zero-order valence-corrected chi connectivity index (χ0v) is 11.4. The van der Waals surface area contributed by atoms with Crippen LogP contribution in [0.3, 0.4) is 0 Å². The Kier molecular flexibility index (Phi) is 5.21. The van der Waals surface area contributed by atoms with Gasteiger partial charge in [-0.25, -0.2) is 4.79 Å². The molecule has 2 rings (SSSR count). The van der Waals surface area contributed by atoms with E-state index in [0.29, 0.717) is 19.1 Å². The van der Waals surface area contributed by atoms with Crippen molar-refractivity contribution in [1.29, 1.82) is 0 Å². The van der Waals surface area contributed by atoms with Crippen LogP contribution in [0, 0.1) is 5.92 Å². The molecule has 0 spiro atoms. The monoisotopic (exact) mass is 262 g/mol. The lowest BCUT2D eigenvalue weighted by Crippen LogP contribution is -2.36. The van der Waals surface area contributed by atoms with Gasteiger partial charge in [-0.2, -0.15) is 0 Å². The van der Waals surface area contributed by atoms with Crippen molar-refractivity contribution in [1.82, 2.24) is 10.6 Å². The number of hydrogen-bond donors (Lipinski definition) is 2. The van der Waals surface area contributed by atoms with Crippen LogP contribution >= 0.6 is 0 Å². The Morgan fingerprint density at radius 2 is 1.89 bits per heavy atom. The van der Waals surface area contributed by atoms with E-state index in [1.807, 2.05) is 31.2 Å². The second-order valence-electron chi connectivity index (χ2n) is 4.96. The topological polar surface area (TPSA) is 50.4 Å². The minimum absolute atomic E-state index is 0.0784. The van der Waals surface area contributed by atoms with E-state index in [4.69, 9.17) is 4.74 Å². The molecule has 1 aromatic rings. The van der Waals surface area contributed by atoms with Crippen molar-refractivity contribution in [3.05, 3.63) is 35.4 Å². The second kappa shape index (κ2) is 7.14. The summed E-state index contributed by atoms with van der Waals surface area (Å²) < 4.78 is 5.34. The van der Waals surface area contributed by atoms with Gasteiger partial charge in [0.1, 0.15) is 0 Å². The third kappa shape index (κ3) is 5.30. The van der Waals surface area contributed by atoms with Gasteiger partial charge in [-0.05, 0) is 36.8 Å². The van der Waals surface area contributed by atoms with Crippen molar-refractivity contribution in [2.24, 2.45) is 5.92 Å². The summed E-state index contributed by atoms with van der Waals surface area (Å²) in [4.78, 5) is 11.5. The highest BCUT2D eigenvalue weighted by Crippen LogP contribution is 2.27. The van der Waals surface area contributed by atoms with Gasteiger partial charge < -0.3 is 15.4 Å². The molecular weight excluding hydrogens is 240 g/mol. The Morgan fingerprint density at radius 3 is 2.53 bits per heavy atom. The molecule has 0 unspecified atom stereocenters. The number of benzene rings is 1. The first kappa shape index (κ1) is 13.9. The molecule has 4 nitrogen and oxygen atoms in total. The predicted octanol–water partition coefficient (Wildman–Crippen LogP) is 2.43. The summed E-state index contributed by atoms with van der Waals surface area (Å²) in [6.07, 6.45) is 2.50. The van der Waals surface area contributed by atoms with Crippen molar-refractivity contribution in [3.8, 4) is 0 Å². The molecule has 2 N–H and O–H groups in total. The van der Waals surface area contributed by atoms with E-state index in [1.165, 1.54) is 12.8 Å². The van der Waals surface area contributed by atoms with Crippen molar-refractivity contribution in [3.63, 3.8) is 0 Å². The van der Waals surface area contributed by atoms with Crippen LogP contribution in [0.15, 0.2) is 24.3 Å². The lowest BCUT2D eigenvalue weighted by molar-refractivity contribution is 0.134. The maximum atomic E-state index is 11.5. The summed E-state index contributed by atoms with van der Waals surface area (Å²) in [5.74, 6) is 0.712. The summed E-state index contributed by atoms with van der Waals surface area (Å²) in [6.45, 7) is 4.72. The number of ether oxygens (including phenoxy) is 1.